The van der Waals surface area contributed by atoms with Gasteiger partial charge in [0.2, 0.25) is 5.91 Å². The Hall–Kier alpha value is -2.97. The van der Waals surface area contributed by atoms with Crippen molar-refractivity contribution in [1.82, 2.24) is 5.32 Å². The topological polar surface area (TPSA) is 99.7 Å². The molecule has 7 nitrogen and oxygen atoms in total. The van der Waals surface area contributed by atoms with E-state index < -0.39 is 18.0 Å². The molecule has 0 aliphatic heterocycles. The number of urea groups is 1. The molecule has 0 saturated heterocycles. The lowest BCUT2D eigenvalue weighted by atomic mass is 10.1. The molecule has 1 atom stereocenters. The molecular weight excluding hydrogens is 341 g/mol. The molecule has 0 aliphatic carbocycles. The van der Waals surface area contributed by atoms with Crippen LogP contribution in [-0.4, -0.2) is 37.3 Å². The van der Waals surface area contributed by atoms with E-state index in [1.54, 1.807) is 30.3 Å². The van der Waals surface area contributed by atoms with E-state index in [2.05, 4.69) is 16.0 Å². The third-order valence-corrected chi connectivity index (χ3v) is 3.40. The number of ether oxygens (including phenoxy) is 1. The smallest absolute Gasteiger partial charge is 0.319 e. The van der Waals surface area contributed by atoms with Gasteiger partial charge in [0.1, 0.15) is 12.4 Å². The van der Waals surface area contributed by atoms with Gasteiger partial charge in [0.25, 0.3) is 0 Å². The number of hydrogen-bond acceptors (Lipinski definition) is 4. The highest BCUT2D eigenvalue weighted by atomic mass is 19.1. The Bertz CT molecular complexity index is 770. The molecular formula is C18H20FN3O4. The molecule has 2 aromatic carbocycles. The van der Waals surface area contributed by atoms with E-state index in [4.69, 9.17) is 4.74 Å². The van der Waals surface area contributed by atoms with Crippen LogP contribution in [0.15, 0.2) is 48.5 Å². The Morgan fingerprint density at radius 2 is 1.81 bits per heavy atom. The van der Waals surface area contributed by atoms with Crippen molar-refractivity contribution in [3.63, 3.8) is 0 Å². The van der Waals surface area contributed by atoms with Crippen LogP contribution in [0.1, 0.15) is 11.7 Å². The van der Waals surface area contributed by atoms with E-state index in [9.17, 15) is 19.1 Å². The summed E-state index contributed by atoms with van der Waals surface area (Å²) in [6.07, 6.45) is -1.17. The maximum atomic E-state index is 13.6. The monoisotopic (exact) mass is 361 g/mol. The molecule has 0 aromatic heterocycles. The number of rotatable bonds is 7. The molecule has 138 valence electrons. The molecule has 0 saturated carbocycles. The van der Waals surface area contributed by atoms with Crippen molar-refractivity contribution in [1.29, 1.82) is 0 Å². The van der Waals surface area contributed by atoms with Gasteiger partial charge in [-0.25, -0.2) is 9.18 Å². The van der Waals surface area contributed by atoms with Crippen LogP contribution >= 0.6 is 0 Å². The minimum atomic E-state index is -1.17. The first kappa shape index (κ1) is 19.4. The third kappa shape index (κ3) is 5.83. The zero-order valence-corrected chi connectivity index (χ0v) is 14.2. The fourth-order valence-electron chi connectivity index (χ4n) is 2.22. The largest absolute Gasteiger partial charge is 0.386 e. The second-order valence-electron chi connectivity index (χ2n) is 5.43. The Morgan fingerprint density at radius 1 is 1.12 bits per heavy atom. The molecule has 4 N–H and O–H groups in total. The Kier molecular flexibility index (Phi) is 7.07. The SMILES string of the molecule is COCC(=O)Nc1cccc(NC(=O)NCC(O)c2ccccc2F)c1. The molecule has 3 amide bonds. The summed E-state index contributed by atoms with van der Waals surface area (Å²) in [5, 5.41) is 17.6. The minimum Gasteiger partial charge on any atom is -0.386 e. The van der Waals surface area contributed by atoms with Crippen molar-refractivity contribution in [3.05, 3.63) is 59.9 Å². The fourth-order valence-corrected chi connectivity index (χ4v) is 2.22. The van der Waals surface area contributed by atoms with Crippen LogP contribution in [-0.2, 0) is 9.53 Å². The summed E-state index contributed by atoms with van der Waals surface area (Å²) in [7, 11) is 1.41. The summed E-state index contributed by atoms with van der Waals surface area (Å²) >= 11 is 0. The number of anilines is 2. The van der Waals surface area contributed by atoms with Crippen LogP contribution in [0.2, 0.25) is 0 Å². The molecule has 0 bridgehead atoms. The van der Waals surface area contributed by atoms with E-state index in [0.29, 0.717) is 11.4 Å². The highest BCUT2D eigenvalue weighted by molar-refractivity contribution is 5.94. The molecule has 8 heteroatoms. The van der Waals surface area contributed by atoms with Crippen molar-refractivity contribution < 1.29 is 23.8 Å². The highest BCUT2D eigenvalue weighted by Gasteiger charge is 2.13. The summed E-state index contributed by atoms with van der Waals surface area (Å²) in [6, 6.07) is 11.8. The molecule has 0 radical (unpaired) electrons. The molecule has 0 heterocycles. The van der Waals surface area contributed by atoms with Crippen LogP contribution in [0, 0.1) is 5.82 Å². The van der Waals surface area contributed by atoms with E-state index in [-0.39, 0.29) is 24.6 Å². The summed E-state index contributed by atoms with van der Waals surface area (Å²) < 4.78 is 18.3. The Balaban J connectivity index is 1.87. The molecule has 0 fully saturated rings. The minimum absolute atomic E-state index is 0.0773. The van der Waals surface area contributed by atoms with Crippen LogP contribution in [0.25, 0.3) is 0 Å². The lowest BCUT2D eigenvalue weighted by Gasteiger charge is -2.14. The predicted molar refractivity (Wildman–Crippen MR) is 95.3 cm³/mol. The Labute approximate surface area is 150 Å². The summed E-state index contributed by atoms with van der Waals surface area (Å²) in [6.45, 7) is -0.233. The Morgan fingerprint density at radius 3 is 2.50 bits per heavy atom. The van der Waals surface area contributed by atoms with Crippen molar-refractivity contribution >= 4 is 23.3 Å². The number of carbonyl (C=O) groups excluding carboxylic acids is 2. The second-order valence-corrected chi connectivity index (χ2v) is 5.43. The maximum Gasteiger partial charge on any atom is 0.319 e. The van der Waals surface area contributed by atoms with E-state index in [1.165, 1.54) is 25.3 Å². The zero-order chi connectivity index (χ0) is 18.9. The molecule has 2 aromatic rings. The number of carbonyl (C=O) groups is 2. The second kappa shape index (κ2) is 9.50. The van der Waals surface area contributed by atoms with Crippen LogP contribution < -0.4 is 16.0 Å². The van der Waals surface area contributed by atoms with Gasteiger partial charge in [0, 0.05) is 30.6 Å². The van der Waals surface area contributed by atoms with Crippen molar-refractivity contribution in [2.24, 2.45) is 0 Å². The molecule has 2 rings (SSSR count). The molecule has 0 aliphatic rings. The number of aliphatic hydroxyl groups excluding tert-OH is 1. The molecule has 26 heavy (non-hydrogen) atoms. The lowest BCUT2D eigenvalue weighted by molar-refractivity contribution is -0.119. The molecule has 0 spiro atoms. The van der Waals surface area contributed by atoms with Gasteiger partial charge >= 0.3 is 6.03 Å². The average Bonchev–Trinajstić information content (AvgIpc) is 2.60. The van der Waals surface area contributed by atoms with Crippen molar-refractivity contribution in [2.45, 2.75) is 6.10 Å². The quantitative estimate of drug-likeness (QED) is 0.608. The van der Waals surface area contributed by atoms with Gasteiger partial charge in [-0.15, -0.1) is 0 Å². The van der Waals surface area contributed by atoms with Gasteiger partial charge < -0.3 is 25.8 Å². The standard InChI is InChI=1S/C18H20FN3O4/c1-26-11-17(24)21-12-5-4-6-13(9-12)22-18(25)20-10-16(23)14-7-2-3-8-15(14)19/h2-9,16,23H,10-11H2,1H3,(H,21,24)(H2,20,22,25). The number of methoxy groups -OCH3 is 1. The maximum absolute atomic E-state index is 13.6. The zero-order valence-electron chi connectivity index (χ0n) is 14.2. The van der Waals surface area contributed by atoms with Gasteiger partial charge in [-0.1, -0.05) is 24.3 Å². The number of halogens is 1. The molecule has 1 unspecified atom stereocenters. The lowest BCUT2D eigenvalue weighted by Crippen LogP contribution is -2.32. The number of benzene rings is 2. The summed E-state index contributed by atoms with van der Waals surface area (Å²) in [4.78, 5) is 23.4. The summed E-state index contributed by atoms with van der Waals surface area (Å²) in [5.74, 6) is -0.858. The predicted octanol–water partition coefficient (Wildman–Crippen LogP) is 2.27. The first-order valence-electron chi connectivity index (χ1n) is 7.86. The van der Waals surface area contributed by atoms with Gasteiger partial charge in [-0.05, 0) is 24.3 Å². The summed E-state index contributed by atoms with van der Waals surface area (Å²) in [5.41, 5.74) is 1.05. The first-order chi connectivity index (χ1) is 12.5. The van der Waals surface area contributed by atoms with Gasteiger partial charge in [0.05, 0.1) is 6.10 Å². The number of nitrogens with one attached hydrogen (secondary N) is 3. The van der Waals surface area contributed by atoms with E-state index >= 15 is 0 Å². The highest BCUT2D eigenvalue weighted by Crippen LogP contribution is 2.17. The van der Waals surface area contributed by atoms with Gasteiger partial charge in [-0.3, -0.25) is 4.79 Å². The first-order valence-corrected chi connectivity index (χ1v) is 7.86. The van der Waals surface area contributed by atoms with E-state index in [0.717, 1.165) is 0 Å². The third-order valence-electron chi connectivity index (χ3n) is 3.40. The van der Waals surface area contributed by atoms with Crippen LogP contribution in [0.5, 0.6) is 0 Å². The van der Waals surface area contributed by atoms with Crippen LogP contribution in [0.3, 0.4) is 0 Å². The van der Waals surface area contributed by atoms with Crippen molar-refractivity contribution in [2.75, 3.05) is 30.9 Å². The fraction of sp³-hybridized carbons (Fsp3) is 0.222. The number of hydrogen-bond donors (Lipinski definition) is 4. The van der Waals surface area contributed by atoms with Crippen LogP contribution in [0.4, 0.5) is 20.6 Å². The van der Waals surface area contributed by atoms with E-state index in [1.807, 2.05) is 0 Å². The normalized spacial score (nSPS) is 11.5. The number of aliphatic hydroxyl groups is 1. The van der Waals surface area contributed by atoms with Crippen molar-refractivity contribution in [3.8, 4) is 0 Å². The average molecular weight is 361 g/mol. The van der Waals surface area contributed by atoms with Gasteiger partial charge in [-0.2, -0.15) is 0 Å². The van der Waals surface area contributed by atoms with Gasteiger partial charge in [0.15, 0.2) is 0 Å². The number of amides is 3.